The van der Waals surface area contributed by atoms with Crippen LogP contribution in [0.25, 0.3) is 0 Å². The van der Waals surface area contributed by atoms with Crippen LogP contribution in [0.2, 0.25) is 0 Å². The van der Waals surface area contributed by atoms with E-state index in [0.717, 1.165) is 5.69 Å². The molecule has 0 amide bonds. The van der Waals surface area contributed by atoms with Crippen LogP contribution in [0.4, 0.5) is 0 Å². The number of imidazole rings is 1. The average Bonchev–Trinajstić information content (AvgIpc) is 2.70. The molecule has 2 N–H and O–H groups in total. The Labute approximate surface area is 85.5 Å². The number of rotatable bonds is 2. The van der Waals surface area contributed by atoms with E-state index in [9.17, 15) is 4.79 Å². The van der Waals surface area contributed by atoms with Gasteiger partial charge in [0, 0.05) is 19.0 Å². The first-order valence-electron chi connectivity index (χ1n) is 4.25. The Morgan fingerprint density at radius 2 is 2.64 bits per heavy atom. The summed E-state index contributed by atoms with van der Waals surface area (Å²) >= 11 is 1.58. The van der Waals surface area contributed by atoms with Gasteiger partial charge in [-0.1, -0.05) is 0 Å². The van der Waals surface area contributed by atoms with E-state index < -0.39 is 12.0 Å². The third kappa shape index (κ3) is 1.76. The Bertz CT molecular complexity index is 352. The van der Waals surface area contributed by atoms with Gasteiger partial charge in [0.15, 0.2) is 0 Å². The number of nitrogens with one attached hydrogen (secondary N) is 1. The molecule has 2 heterocycles. The number of hydrogen-bond acceptors (Lipinski definition) is 4. The molecule has 1 saturated heterocycles. The van der Waals surface area contributed by atoms with Crippen molar-refractivity contribution in [1.82, 2.24) is 14.9 Å². The first kappa shape index (κ1) is 9.54. The van der Waals surface area contributed by atoms with Crippen LogP contribution in [-0.2, 0) is 11.8 Å². The number of aryl methyl sites for hydroxylation is 1. The third-order valence-electron chi connectivity index (χ3n) is 2.07. The Kier molecular flexibility index (Phi) is 2.47. The lowest BCUT2D eigenvalue weighted by Crippen LogP contribution is -2.33. The zero-order valence-electron chi connectivity index (χ0n) is 7.67. The highest BCUT2D eigenvalue weighted by Crippen LogP contribution is 2.31. The highest BCUT2D eigenvalue weighted by molar-refractivity contribution is 7.99. The summed E-state index contributed by atoms with van der Waals surface area (Å²) in [6.45, 7) is 0. The summed E-state index contributed by atoms with van der Waals surface area (Å²) in [5.41, 5.74) is 0.890. The highest BCUT2D eigenvalue weighted by Gasteiger charge is 2.31. The summed E-state index contributed by atoms with van der Waals surface area (Å²) in [6, 6.07) is -0.452. The number of carboxylic acids is 1. The molecule has 0 bridgehead atoms. The minimum atomic E-state index is -0.795. The SMILES string of the molecule is Cn1cnc(C2NC(C(=O)O)CS2)c1. The molecule has 1 aliphatic rings. The molecule has 14 heavy (non-hydrogen) atoms. The van der Waals surface area contributed by atoms with E-state index in [0.29, 0.717) is 5.75 Å². The van der Waals surface area contributed by atoms with Crippen LogP contribution in [-0.4, -0.2) is 32.4 Å². The minimum absolute atomic E-state index is 0.0114. The molecular weight excluding hydrogens is 202 g/mol. The molecular formula is C8H11N3O2S. The summed E-state index contributed by atoms with van der Waals surface area (Å²) in [6.07, 6.45) is 3.61. The second kappa shape index (κ2) is 3.62. The van der Waals surface area contributed by atoms with Crippen LogP contribution in [0.1, 0.15) is 11.1 Å². The van der Waals surface area contributed by atoms with E-state index >= 15 is 0 Å². The lowest BCUT2D eigenvalue weighted by molar-refractivity contribution is -0.138. The van der Waals surface area contributed by atoms with Crippen molar-refractivity contribution in [2.75, 3.05) is 5.75 Å². The number of hydrogen-bond donors (Lipinski definition) is 2. The molecule has 1 aromatic heterocycles. The van der Waals surface area contributed by atoms with Gasteiger partial charge < -0.3 is 9.67 Å². The Morgan fingerprint density at radius 3 is 3.14 bits per heavy atom. The first-order valence-corrected chi connectivity index (χ1v) is 5.30. The van der Waals surface area contributed by atoms with Gasteiger partial charge in [0.2, 0.25) is 0 Å². The fraction of sp³-hybridized carbons (Fsp3) is 0.500. The van der Waals surface area contributed by atoms with Gasteiger partial charge in [-0.2, -0.15) is 0 Å². The quantitative estimate of drug-likeness (QED) is 0.735. The van der Waals surface area contributed by atoms with Gasteiger partial charge in [0.25, 0.3) is 0 Å². The molecule has 0 aromatic carbocycles. The van der Waals surface area contributed by atoms with Gasteiger partial charge in [0.1, 0.15) is 6.04 Å². The van der Waals surface area contributed by atoms with Crippen molar-refractivity contribution in [3.63, 3.8) is 0 Å². The molecule has 2 atom stereocenters. The number of nitrogens with zero attached hydrogens (tertiary/aromatic N) is 2. The third-order valence-corrected chi connectivity index (χ3v) is 3.31. The zero-order chi connectivity index (χ0) is 10.1. The zero-order valence-corrected chi connectivity index (χ0v) is 8.49. The molecule has 0 aliphatic carbocycles. The van der Waals surface area contributed by atoms with Crippen LogP contribution in [0, 0.1) is 0 Å². The van der Waals surface area contributed by atoms with Crippen molar-refractivity contribution in [3.05, 3.63) is 18.2 Å². The highest BCUT2D eigenvalue weighted by atomic mass is 32.2. The Hall–Kier alpha value is -1.01. The molecule has 1 aromatic rings. The molecule has 76 valence electrons. The Balaban J connectivity index is 2.05. The van der Waals surface area contributed by atoms with Crippen molar-refractivity contribution in [1.29, 1.82) is 0 Å². The summed E-state index contributed by atoms with van der Waals surface area (Å²) in [7, 11) is 1.89. The predicted molar refractivity (Wildman–Crippen MR) is 53.0 cm³/mol. The molecule has 0 radical (unpaired) electrons. The fourth-order valence-electron chi connectivity index (χ4n) is 1.35. The molecule has 0 saturated carbocycles. The Morgan fingerprint density at radius 1 is 1.86 bits per heavy atom. The van der Waals surface area contributed by atoms with E-state index in [-0.39, 0.29) is 5.37 Å². The van der Waals surface area contributed by atoms with Crippen molar-refractivity contribution >= 4 is 17.7 Å². The second-order valence-corrected chi connectivity index (χ2v) is 4.37. The lowest BCUT2D eigenvalue weighted by Gasteiger charge is -2.07. The van der Waals surface area contributed by atoms with E-state index in [2.05, 4.69) is 10.3 Å². The number of carbonyl (C=O) groups is 1. The van der Waals surface area contributed by atoms with Gasteiger partial charge >= 0.3 is 5.97 Å². The normalized spacial score (nSPS) is 26.6. The lowest BCUT2D eigenvalue weighted by atomic mass is 10.3. The number of carboxylic acid groups (broad SMARTS) is 1. The maximum atomic E-state index is 10.7. The average molecular weight is 213 g/mol. The number of aliphatic carboxylic acids is 1. The van der Waals surface area contributed by atoms with Crippen LogP contribution >= 0.6 is 11.8 Å². The monoisotopic (exact) mass is 213 g/mol. The smallest absolute Gasteiger partial charge is 0.321 e. The summed E-state index contributed by atoms with van der Waals surface area (Å²) in [4.78, 5) is 14.9. The van der Waals surface area contributed by atoms with Gasteiger partial charge in [-0.15, -0.1) is 11.8 Å². The molecule has 2 unspecified atom stereocenters. The maximum absolute atomic E-state index is 10.7. The van der Waals surface area contributed by atoms with E-state index in [4.69, 9.17) is 5.11 Å². The van der Waals surface area contributed by atoms with Crippen LogP contribution in [0.3, 0.4) is 0 Å². The van der Waals surface area contributed by atoms with Gasteiger partial charge in [-0.25, -0.2) is 4.98 Å². The predicted octanol–water partition coefficient (Wildman–Crippen LogP) is 0.208. The summed E-state index contributed by atoms with van der Waals surface area (Å²) < 4.78 is 1.85. The van der Waals surface area contributed by atoms with Crippen molar-refractivity contribution in [2.45, 2.75) is 11.4 Å². The molecule has 2 rings (SSSR count). The van der Waals surface area contributed by atoms with E-state index in [1.165, 1.54) is 0 Å². The first-order chi connectivity index (χ1) is 6.66. The largest absolute Gasteiger partial charge is 0.480 e. The van der Waals surface area contributed by atoms with Crippen LogP contribution < -0.4 is 5.32 Å². The van der Waals surface area contributed by atoms with Crippen molar-refractivity contribution < 1.29 is 9.90 Å². The van der Waals surface area contributed by atoms with Crippen molar-refractivity contribution in [3.8, 4) is 0 Å². The van der Waals surface area contributed by atoms with E-state index in [1.807, 2.05) is 17.8 Å². The molecule has 1 fully saturated rings. The second-order valence-electron chi connectivity index (χ2n) is 3.23. The van der Waals surface area contributed by atoms with Crippen molar-refractivity contribution in [2.24, 2.45) is 7.05 Å². The molecule has 1 aliphatic heterocycles. The van der Waals surface area contributed by atoms with Crippen LogP contribution in [0.5, 0.6) is 0 Å². The van der Waals surface area contributed by atoms with Gasteiger partial charge in [-0.3, -0.25) is 10.1 Å². The summed E-state index contributed by atoms with van der Waals surface area (Å²) in [5, 5.41) is 11.8. The minimum Gasteiger partial charge on any atom is -0.480 e. The number of aromatic nitrogens is 2. The van der Waals surface area contributed by atoms with Gasteiger partial charge in [-0.05, 0) is 0 Å². The van der Waals surface area contributed by atoms with Gasteiger partial charge in [0.05, 0.1) is 17.4 Å². The number of thioether (sulfide) groups is 1. The fourth-order valence-corrected chi connectivity index (χ4v) is 2.53. The van der Waals surface area contributed by atoms with Crippen LogP contribution in [0.15, 0.2) is 12.5 Å². The van der Waals surface area contributed by atoms with E-state index in [1.54, 1.807) is 18.1 Å². The molecule has 0 spiro atoms. The topological polar surface area (TPSA) is 67.2 Å². The molecule has 6 heteroatoms. The standard InChI is InChI=1S/C8H11N3O2S/c1-11-2-5(9-4-11)7-10-6(3-14-7)8(12)13/h2,4,6-7,10H,3H2,1H3,(H,12,13). The summed E-state index contributed by atoms with van der Waals surface area (Å²) in [5.74, 6) is -0.202. The molecule has 5 nitrogen and oxygen atoms in total. The maximum Gasteiger partial charge on any atom is 0.321 e.